The molecule has 1 aromatic carbocycles. The fourth-order valence-corrected chi connectivity index (χ4v) is 2.13. The molecule has 0 aliphatic rings. The Bertz CT molecular complexity index is 538. The molecule has 0 aliphatic heterocycles. The van der Waals surface area contributed by atoms with E-state index in [2.05, 4.69) is 0 Å². The van der Waals surface area contributed by atoms with Gasteiger partial charge in [0.1, 0.15) is 17.9 Å². The Morgan fingerprint density at radius 3 is 2.67 bits per heavy atom. The molecule has 0 bridgehead atoms. The molecule has 0 atom stereocenters. The van der Waals surface area contributed by atoms with E-state index in [4.69, 9.17) is 21.4 Å². The Balaban J connectivity index is 2.80. The van der Waals surface area contributed by atoms with E-state index < -0.39 is 15.8 Å². The van der Waals surface area contributed by atoms with Crippen molar-refractivity contribution in [2.24, 2.45) is 0 Å². The average Bonchev–Trinajstić information content (AvgIpc) is 2.28. The highest BCUT2D eigenvalue weighted by molar-refractivity contribution is 7.91. The van der Waals surface area contributed by atoms with Crippen LogP contribution in [0.5, 0.6) is 5.75 Å². The van der Waals surface area contributed by atoms with Crippen LogP contribution in [0.2, 0.25) is 5.02 Å². The van der Waals surface area contributed by atoms with Crippen molar-refractivity contribution < 1.29 is 23.1 Å². The molecule has 0 unspecified atom stereocenters. The molecule has 0 fully saturated rings. The summed E-state index contributed by atoms with van der Waals surface area (Å²) in [5.41, 5.74) is -0.159. The van der Waals surface area contributed by atoms with Gasteiger partial charge in [0.15, 0.2) is 9.84 Å². The van der Waals surface area contributed by atoms with Crippen LogP contribution in [-0.4, -0.2) is 37.6 Å². The number of carboxylic acid groups (broad SMARTS) is 1. The number of hydrogen-bond donors (Lipinski definition) is 1. The van der Waals surface area contributed by atoms with E-state index in [-0.39, 0.29) is 34.4 Å². The first-order valence-corrected chi connectivity index (χ1v) is 7.42. The maximum absolute atomic E-state index is 11.3. The van der Waals surface area contributed by atoms with Gasteiger partial charge in [0.05, 0.1) is 10.8 Å². The Hall–Kier alpha value is -1.27. The Morgan fingerprint density at radius 2 is 2.11 bits per heavy atom. The van der Waals surface area contributed by atoms with Gasteiger partial charge in [-0.2, -0.15) is 0 Å². The summed E-state index contributed by atoms with van der Waals surface area (Å²) in [6, 6.07) is 4.41. The lowest BCUT2D eigenvalue weighted by Crippen LogP contribution is -2.16. The Kier molecular flexibility index (Phi) is 4.98. The molecule has 0 spiro atoms. The van der Waals surface area contributed by atoms with Gasteiger partial charge in [-0.1, -0.05) is 24.6 Å². The van der Waals surface area contributed by atoms with Crippen molar-refractivity contribution >= 4 is 27.4 Å². The molecular weight excluding hydrogens is 280 g/mol. The van der Waals surface area contributed by atoms with Crippen molar-refractivity contribution in [1.82, 2.24) is 0 Å². The fraction of sp³-hybridized carbons (Fsp3) is 0.364. The molecule has 0 aromatic heterocycles. The van der Waals surface area contributed by atoms with Gasteiger partial charge in [-0.25, -0.2) is 13.2 Å². The third-order valence-electron chi connectivity index (χ3n) is 2.28. The molecule has 0 heterocycles. The molecular formula is C11H13ClO5S. The van der Waals surface area contributed by atoms with Crippen LogP contribution < -0.4 is 4.74 Å². The Morgan fingerprint density at radius 1 is 1.44 bits per heavy atom. The van der Waals surface area contributed by atoms with Crippen LogP contribution in [0.4, 0.5) is 0 Å². The highest BCUT2D eigenvalue weighted by atomic mass is 35.5. The summed E-state index contributed by atoms with van der Waals surface area (Å²) in [5, 5.41) is 9.02. The second-order valence-electron chi connectivity index (χ2n) is 3.50. The quantitative estimate of drug-likeness (QED) is 0.865. The van der Waals surface area contributed by atoms with E-state index in [0.717, 1.165) is 0 Å². The molecule has 0 aliphatic carbocycles. The first-order chi connectivity index (χ1) is 8.37. The van der Waals surface area contributed by atoms with Crippen molar-refractivity contribution in [3.63, 3.8) is 0 Å². The van der Waals surface area contributed by atoms with E-state index in [0.29, 0.717) is 0 Å². The predicted octanol–water partition coefficient (Wildman–Crippen LogP) is 1.85. The number of sulfone groups is 1. The van der Waals surface area contributed by atoms with Crippen LogP contribution in [0.3, 0.4) is 0 Å². The van der Waals surface area contributed by atoms with Gasteiger partial charge in [-0.05, 0) is 12.1 Å². The molecule has 7 heteroatoms. The minimum Gasteiger partial charge on any atom is -0.492 e. The van der Waals surface area contributed by atoms with Gasteiger partial charge in [-0.3, -0.25) is 0 Å². The van der Waals surface area contributed by atoms with Crippen molar-refractivity contribution in [1.29, 1.82) is 0 Å². The van der Waals surface area contributed by atoms with Crippen LogP contribution in [0.1, 0.15) is 17.3 Å². The zero-order chi connectivity index (χ0) is 13.8. The van der Waals surface area contributed by atoms with E-state index >= 15 is 0 Å². The third-order valence-corrected chi connectivity index (χ3v) is 4.26. The standard InChI is InChI=1S/C11H13ClO5S/c1-2-18(15,16)7-6-17-9-5-3-4-8(12)10(9)11(13)14/h3-5H,2,6-7H2,1H3,(H,13,14). The molecule has 18 heavy (non-hydrogen) atoms. The SMILES string of the molecule is CCS(=O)(=O)CCOc1cccc(Cl)c1C(=O)O. The van der Waals surface area contributed by atoms with Gasteiger partial charge in [0.25, 0.3) is 0 Å². The molecule has 1 rings (SSSR count). The van der Waals surface area contributed by atoms with Gasteiger partial charge >= 0.3 is 5.97 Å². The number of halogens is 1. The summed E-state index contributed by atoms with van der Waals surface area (Å²) in [6.45, 7) is 1.44. The molecule has 0 saturated heterocycles. The van der Waals surface area contributed by atoms with Crippen LogP contribution >= 0.6 is 11.6 Å². The highest BCUT2D eigenvalue weighted by Crippen LogP contribution is 2.26. The number of carboxylic acids is 1. The minimum atomic E-state index is -3.14. The van der Waals surface area contributed by atoms with Gasteiger partial charge < -0.3 is 9.84 Å². The summed E-state index contributed by atoms with van der Waals surface area (Å²) in [4.78, 5) is 11.0. The summed E-state index contributed by atoms with van der Waals surface area (Å²) in [6.07, 6.45) is 0. The summed E-state index contributed by atoms with van der Waals surface area (Å²) in [7, 11) is -3.14. The predicted molar refractivity (Wildman–Crippen MR) is 68.2 cm³/mol. The fourth-order valence-electron chi connectivity index (χ4n) is 1.26. The molecule has 1 aromatic rings. The highest BCUT2D eigenvalue weighted by Gasteiger charge is 2.16. The van der Waals surface area contributed by atoms with E-state index in [9.17, 15) is 13.2 Å². The molecule has 0 radical (unpaired) electrons. The maximum atomic E-state index is 11.3. The molecule has 0 saturated carbocycles. The number of aromatic carboxylic acids is 1. The van der Waals surface area contributed by atoms with E-state index in [1.807, 2.05) is 0 Å². The second-order valence-corrected chi connectivity index (χ2v) is 6.38. The van der Waals surface area contributed by atoms with Gasteiger partial charge in [0, 0.05) is 5.75 Å². The zero-order valence-corrected chi connectivity index (χ0v) is 11.3. The smallest absolute Gasteiger partial charge is 0.341 e. The number of benzene rings is 1. The molecule has 0 amide bonds. The topological polar surface area (TPSA) is 80.7 Å². The lowest BCUT2D eigenvalue weighted by molar-refractivity contribution is 0.0693. The van der Waals surface area contributed by atoms with Crippen LogP contribution in [0.25, 0.3) is 0 Å². The molecule has 5 nitrogen and oxygen atoms in total. The Labute approximate surface area is 110 Å². The monoisotopic (exact) mass is 292 g/mol. The number of rotatable bonds is 6. The van der Waals surface area contributed by atoms with Crippen molar-refractivity contribution in [2.45, 2.75) is 6.92 Å². The number of ether oxygens (including phenoxy) is 1. The van der Waals surface area contributed by atoms with E-state index in [1.54, 1.807) is 6.07 Å². The third kappa shape index (κ3) is 3.89. The van der Waals surface area contributed by atoms with E-state index in [1.165, 1.54) is 19.1 Å². The zero-order valence-electron chi connectivity index (χ0n) is 9.72. The van der Waals surface area contributed by atoms with Crippen LogP contribution in [-0.2, 0) is 9.84 Å². The van der Waals surface area contributed by atoms with Crippen LogP contribution in [0.15, 0.2) is 18.2 Å². The summed E-state index contributed by atoms with van der Waals surface area (Å²) >= 11 is 5.74. The summed E-state index contributed by atoms with van der Waals surface area (Å²) < 4.78 is 27.7. The lowest BCUT2D eigenvalue weighted by atomic mass is 10.2. The van der Waals surface area contributed by atoms with Crippen molar-refractivity contribution in [2.75, 3.05) is 18.1 Å². The van der Waals surface area contributed by atoms with Crippen molar-refractivity contribution in [3.05, 3.63) is 28.8 Å². The minimum absolute atomic E-state index is 0.0255. The second kappa shape index (κ2) is 6.06. The van der Waals surface area contributed by atoms with Gasteiger partial charge in [-0.15, -0.1) is 0 Å². The summed E-state index contributed by atoms with van der Waals surface area (Å²) in [5.74, 6) is -1.28. The first-order valence-electron chi connectivity index (χ1n) is 5.22. The molecule has 1 N–H and O–H groups in total. The van der Waals surface area contributed by atoms with Crippen LogP contribution in [0, 0.1) is 0 Å². The number of hydrogen-bond acceptors (Lipinski definition) is 4. The van der Waals surface area contributed by atoms with Crippen molar-refractivity contribution in [3.8, 4) is 5.75 Å². The average molecular weight is 293 g/mol. The number of carbonyl (C=O) groups is 1. The largest absolute Gasteiger partial charge is 0.492 e. The lowest BCUT2D eigenvalue weighted by Gasteiger charge is -2.09. The molecule has 100 valence electrons. The maximum Gasteiger partial charge on any atom is 0.341 e. The first kappa shape index (κ1) is 14.8. The van der Waals surface area contributed by atoms with Gasteiger partial charge in [0.2, 0.25) is 0 Å². The normalized spacial score (nSPS) is 11.2.